The lowest BCUT2D eigenvalue weighted by Crippen LogP contribution is -2.22. The first kappa shape index (κ1) is 10.6. The molecule has 1 atom stereocenters. The fraction of sp³-hybridized carbons (Fsp3) is 0.667. The minimum Gasteiger partial charge on any atom is -0.375 e. The highest BCUT2D eigenvalue weighted by atomic mass is 32.2. The summed E-state index contributed by atoms with van der Waals surface area (Å²) >= 11 is 0. The van der Waals surface area contributed by atoms with E-state index in [1.54, 1.807) is 6.92 Å². The van der Waals surface area contributed by atoms with Crippen LogP contribution in [-0.4, -0.2) is 25.6 Å². The molecule has 5 heteroatoms. The Kier molecular flexibility index (Phi) is 4.32. The molecule has 0 aliphatic heterocycles. The van der Waals surface area contributed by atoms with Crippen LogP contribution in [-0.2, 0) is 14.3 Å². The van der Waals surface area contributed by atoms with Crippen LogP contribution < -0.4 is 0 Å². The predicted octanol–water partition coefficient (Wildman–Crippen LogP) is 0.247. The van der Waals surface area contributed by atoms with E-state index >= 15 is 0 Å². The summed E-state index contributed by atoms with van der Waals surface area (Å²) in [4.78, 5) is 0. The van der Waals surface area contributed by atoms with E-state index in [9.17, 15) is 8.42 Å². The van der Waals surface area contributed by atoms with Gasteiger partial charge < -0.3 is 5.11 Å². The number of aliphatic hydroxyl groups excluding tert-OH is 1. The van der Waals surface area contributed by atoms with Gasteiger partial charge in [-0.3, -0.25) is 4.18 Å². The van der Waals surface area contributed by atoms with Crippen molar-refractivity contribution in [1.29, 1.82) is 0 Å². The van der Waals surface area contributed by atoms with E-state index < -0.39 is 15.6 Å². The average molecular weight is 180 g/mol. The normalized spacial score (nSPS) is 14.4. The number of hydrogen-bond acceptors (Lipinski definition) is 4. The lowest BCUT2D eigenvalue weighted by atomic mass is 10.5. The molecular weight excluding hydrogens is 168 g/mol. The molecule has 0 bridgehead atoms. The third kappa shape index (κ3) is 3.50. The molecule has 66 valence electrons. The van der Waals surface area contributed by atoms with Crippen LogP contribution in [0.15, 0.2) is 12.7 Å². The molecule has 0 aromatic heterocycles. The molecule has 0 saturated heterocycles. The van der Waals surface area contributed by atoms with Gasteiger partial charge in [0, 0.05) is 0 Å². The highest BCUT2D eigenvalue weighted by Gasteiger charge is 2.20. The molecule has 0 aromatic carbocycles. The van der Waals surface area contributed by atoms with Gasteiger partial charge in [0.05, 0.1) is 6.61 Å². The van der Waals surface area contributed by atoms with Gasteiger partial charge in [0.1, 0.15) is 0 Å². The molecule has 11 heavy (non-hydrogen) atoms. The molecule has 0 rings (SSSR count). The highest BCUT2D eigenvalue weighted by molar-refractivity contribution is 7.87. The van der Waals surface area contributed by atoms with Gasteiger partial charge >= 0.3 is 0 Å². The summed E-state index contributed by atoms with van der Waals surface area (Å²) in [7, 11) is -3.79. The number of rotatable bonds is 5. The first-order chi connectivity index (χ1) is 5.04. The van der Waals surface area contributed by atoms with Crippen LogP contribution in [0.5, 0.6) is 0 Å². The lowest BCUT2D eigenvalue weighted by Gasteiger charge is -2.07. The highest BCUT2D eigenvalue weighted by Crippen LogP contribution is 2.04. The summed E-state index contributed by atoms with van der Waals surface area (Å²) < 4.78 is 25.9. The van der Waals surface area contributed by atoms with Gasteiger partial charge in [0.2, 0.25) is 0 Å². The van der Waals surface area contributed by atoms with Gasteiger partial charge in [-0.25, -0.2) is 0 Å². The van der Waals surface area contributed by atoms with Gasteiger partial charge in [0.15, 0.2) is 5.44 Å². The molecule has 4 nitrogen and oxygen atoms in total. The second kappa shape index (κ2) is 4.48. The summed E-state index contributed by atoms with van der Waals surface area (Å²) in [5.74, 6) is 0. The van der Waals surface area contributed by atoms with Gasteiger partial charge in [-0.2, -0.15) is 8.42 Å². The zero-order chi connectivity index (χ0) is 8.91. The van der Waals surface area contributed by atoms with Gasteiger partial charge in [-0.05, 0) is 6.42 Å². The van der Waals surface area contributed by atoms with Crippen LogP contribution in [0.3, 0.4) is 0 Å². The van der Waals surface area contributed by atoms with Crippen molar-refractivity contribution in [2.75, 3.05) is 6.61 Å². The molecule has 1 N–H and O–H groups in total. The first-order valence-electron chi connectivity index (χ1n) is 3.21. The van der Waals surface area contributed by atoms with Crippen LogP contribution in [0.2, 0.25) is 0 Å². The fourth-order valence-electron chi connectivity index (χ4n) is 0.426. The van der Waals surface area contributed by atoms with Crippen molar-refractivity contribution < 1.29 is 17.7 Å². The Morgan fingerprint density at radius 2 is 2.27 bits per heavy atom. The molecule has 1 unspecified atom stereocenters. The summed E-state index contributed by atoms with van der Waals surface area (Å²) in [6.45, 7) is 4.74. The Balaban J connectivity index is 4.11. The molecule has 0 spiro atoms. The Morgan fingerprint density at radius 1 is 1.73 bits per heavy atom. The summed E-state index contributed by atoms with van der Waals surface area (Å²) in [6, 6.07) is 0. The van der Waals surface area contributed by atoms with E-state index in [1.807, 2.05) is 0 Å². The second-order valence-electron chi connectivity index (χ2n) is 1.93. The van der Waals surface area contributed by atoms with Crippen LogP contribution in [0, 0.1) is 0 Å². The van der Waals surface area contributed by atoms with Crippen molar-refractivity contribution >= 4 is 10.1 Å². The number of hydrogen-bond donors (Lipinski definition) is 1. The Labute approximate surface area is 66.6 Å². The van der Waals surface area contributed by atoms with Crippen molar-refractivity contribution in [3.8, 4) is 0 Å². The van der Waals surface area contributed by atoms with Gasteiger partial charge in [0.25, 0.3) is 10.1 Å². The van der Waals surface area contributed by atoms with Crippen molar-refractivity contribution in [1.82, 2.24) is 0 Å². The fourth-order valence-corrected chi connectivity index (χ4v) is 1.28. The molecule has 0 amide bonds. The second-order valence-corrected chi connectivity index (χ2v) is 3.69. The largest absolute Gasteiger partial charge is 0.375 e. The minimum absolute atomic E-state index is 0.0978. The molecule has 0 fully saturated rings. The maximum absolute atomic E-state index is 10.8. The van der Waals surface area contributed by atoms with Crippen LogP contribution in [0.25, 0.3) is 0 Å². The molecule has 0 heterocycles. The van der Waals surface area contributed by atoms with E-state index in [0.29, 0.717) is 0 Å². The summed E-state index contributed by atoms with van der Waals surface area (Å²) in [5.41, 5.74) is -1.43. The molecule has 0 aliphatic rings. The zero-order valence-electron chi connectivity index (χ0n) is 6.36. The monoisotopic (exact) mass is 180 g/mol. The Bertz CT molecular complexity index is 207. The standard InChI is InChI=1S/C6H12O4S/c1-3-5-10-11(8,9)6(7)4-2/h3,6-7H,1,4-5H2,2H3. The Morgan fingerprint density at radius 3 is 2.64 bits per heavy atom. The summed E-state index contributed by atoms with van der Waals surface area (Å²) in [5, 5.41) is 8.87. The maximum atomic E-state index is 10.8. The van der Waals surface area contributed by atoms with E-state index in [4.69, 9.17) is 5.11 Å². The predicted molar refractivity (Wildman–Crippen MR) is 41.4 cm³/mol. The molecule has 0 aromatic rings. The molecule has 0 saturated carbocycles. The molecule has 0 radical (unpaired) electrons. The topological polar surface area (TPSA) is 63.6 Å². The van der Waals surface area contributed by atoms with Crippen molar-refractivity contribution in [2.24, 2.45) is 0 Å². The SMILES string of the molecule is C=CCOS(=O)(=O)C(O)CC. The van der Waals surface area contributed by atoms with E-state index in [1.165, 1.54) is 6.08 Å². The minimum atomic E-state index is -3.79. The first-order valence-corrected chi connectivity index (χ1v) is 4.69. The Hall–Kier alpha value is -0.390. The number of aliphatic hydroxyl groups is 1. The van der Waals surface area contributed by atoms with Crippen molar-refractivity contribution in [3.63, 3.8) is 0 Å². The van der Waals surface area contributed by atoms with Crippen LogP contribution in [0.1, 0.15) is 13.3 Å². The molecular formula is C6H12O4S. The van der Waals surface area contributed by atoms with Gasteiger partial charge in [-0.1, -0.05) is 13.0 Å². The van der Waals surface area contributed by atoms with E-state index in [2.05, 4.69) is 10.8 Å². The lowest BCUT2D eigenvalue weighted by molar-refractivity contribution is 0.215. The third-order valence-corrected chi connectivity index (χ3v) is 2.50. The maximum Gasteiger partial charge on any atom is 0.294 e. The molecule has 0 aliphatic carbocycles. The van der Waals surface area contributed by atoms with Crippen molar-refractivity contribution in [3.05, 3.63) is 12.7 Å². The zero-order valence-corrected chi connectivity index (χ0v) is 7.17. The van der Waals surface area contributed by atoms with E-state index in [-0.39, 0.29) is 13.0 Å². The third-order valence-electron chi connectivity index (χ3n) is 1.03. The average Bonchev–Trinajstić information content (AvgIpc) is 1.99. The summed E-state index contributed by atoms with van der Waals surface area (Å²) in [6.07, 6.45) is 1.43. The van der Waals surface area contributed by atoms with Crippen LogP contribution in [0.4, 0.5) is 0 Å². The van der Waals surface area contributed by atoms with Gasteiger partial charge in [-0.15, -0.1) is 6.58 Å². The van der Waals surface area contributed by atoms with Crippen LogP contribution >= 0.6 is 0 Å². The van der Waals surface area contributed by atoms with E-state index in [0.717, 1.165) is 0 Å². The quantitative estimate of drug-likeness (QED) is 0.486. The smallest absolute Gasteiger partial charge is 0.294 e. The van der Waals surface area contributed by atoms with Crippen molar-refractivity contribution in [2.45, 2.75) is 18.8 Å².